The van der Waals surface area contributed by atoms with Crippen molar-refractivity contribution in [2.75, 3.05) is 55.0 Å². The maximum absolute atomic E-state index is 13.1. The van der Waals surface area contributed by atoms with Gasteiger partial charge < -0.3 is 30.3 Å². The van der Waals surface area contributed by atoms with Crippen molar-refractivity contribution in [3.63, 3.8) is 0 Å². The zero-order chi connectivity index (χ0) is 25.0. The first-order valence-corrected chi connectivity index (χ1v) is 12.6. The van der Waals surface area contributed by atoms with Crippen LogP contribution in [0.2, 0.25) is 0 Å². The van der Waals surface area contributed by atoms with Crippen LogP contribution in [0, 0.1) is 5.92 Å². The quantitative estimate of drug-likeness (QED) is 0.387. The highest BCUT2D eigenvalue weighted by Crippen LogP contribution is 2.29. The van der Waals surface area contributed by atoms with Crippen molar-refractivity contribution in [1.82, 2.24) is 5.32 Å². The maximum Gasteiger partial charge on any atom is 0.323 e. The van der Waals surface area contributed by atoms with E-state index >= 15 is 0 Å². The molecule has 0 radical (unpaired) electrons. The summed E-state index contributed by atoms with van der Waals surface area (Å²) in [5, 5.41) is 8.66. The number of carbonyl (C=O) groups is 2. The van der Waals surface area contributed by atoms with Gasteiger partial charge in [-0.3, -0.25) is 4.79 Å². The summed E-state index contributed by atoms with van der Waals surface area (Å²) in [6.07, 6.45) is 2.94. The molecule has 3 rings (SSSR count). The van der Waals surface area contributed by atoms with E-state index in [2.05, 4.69) is 27.8 Å². The second-order valence-electron chi connectivity index (χ2n) is 8.74. The molecule has 2 aromatic rings. The number of ether oxygens (including phenoxy) is 2. The maximum atomic E-state index is 13.1. The van der Waals surface area contributed by atoms with Gasteiger partial charge in [0.1, 0.15) is 5.75 Å². The van der Waals surface area contributed by atoms with Crippen LogP contribution in [0.1, 0.15) is 50.4 Å². The van der Waals surface area contributed by atoms with Crippen LogP contribution in [0.5, 0.6) is 5.75 Å². The number of rotatable bonds is 11. The van der Waals surface area contributed by atoms with E-state index in [1.807, 2.05) is 26.0 Å². The molecule has 1 fully saturated rings. The summed E-state index contributed by atoms with van der Waals surface area (Å²) in [6.45, 7) is 10.4. The Kier molecular flexibility index (Phi) is 10.2. The fraction of sp³-hybridized carbons (Fsp3) is 0.481. The Morgan fingerprint density at radius 1 is 0.971 bits per heavy atom. The number of hydrogen-bond acceptors (Lipinski definition) is 5. The van der Waals surface area contributed by atoms with Gasteiger partial charge in [0.25, 0.3) is 5.91 Å². The van der Waals surface area contributed by atoms with Crippen LogP contribution in [-0.4, -0.2) is 51.4 Å². The summed E-state index contributed by atoms with van der Waals surface area (Å²) < 4.78 is 10.8. The molecule has 8 nitrogen and oxygen atoms in total. The molecule has 35 heavy (non-hydrogen) atoms. The summed E-state index contributed by atoms with van der Waals surface area (Å²) in [4.78, 5) is 28.0. The van der Waals surface area contributed by atoms with Crippen molar-refractivity contribution in [1.29, 1.82) is 0 Å². The van der Waals surface area contributed by atoms with Crippen molar-refractivity contribution < 1.29 is 19.1 Å². The third kappa shape index (κ3) is 8.17. The fourth-order valence-corrected chi connectivity index (χ4v) is 4.03. The lowest BCUT2D eigenvalue weighted by atomic mass is 9.98. The molecule has 0 saturated carbocycles. The Morgan fingerprint density at radius 2 is 1.66 bits per heavy atom. The second kappa shape index (κ2) is 13.6. The topological polar surface area (TPSA) is 91.9 Å². The van der Waals surface area contributed by atoms with E-state index in [1.165, 1.54) is 0 Å². The van der Waals surface area contributed by atoms with E-state index in [1.54, 1.807) is 30.3 Å². The Morgan fingerprint density at radius 3 is 2.34 bits per heavy atom. The first-order valence-electron chi connectivity index (χ1n) is 12.6. The Bertz CT molecular complexity index is 956. The van der Waals surface area contributed by atoms with Gasteiger partial charge in [-0.2, -0.15) is 0 Å². The van der Waals surface area contributed by atoms with Gasteiger partial charge in [0.15, 0.2) is 0 Å². The van der Waals surface area contributed by atoms with Crippen molar-refractivity contribution >= 4 is 29.0 Å². The molecular formula is C27H38N4O4. The van der Waals surface area contributed by atoms with Crippen molar-refractivity contribution in [2.45, 2.75) is 40.0 Å². The predicted octanol–water partition coefficient (Wildman–Crippen LogP) is 5.12. The Hall–Kier alpha value is -3.26. The molecule has 0 atom stereocenters. The van der Waals surface area contributed by atoms with Gasteiger partial charge in [-0.1, -0.05) is 6.92 Å². The number of nitrogens with one attached hydrogen (secondary N) is 3. The lowest BCUT2D eigenvalue weighted by molar-refractivity contribution is 0.0944. The minimum absolute atomic E-state index is 0.148. The average molecular weight is 483 g/mol. The number of anilines is 3. The largest absolute Gasteiger partial charge is 0.494 e. The van der Waals surface area contributed by atoms with Gasteiger partial charge in [0.05, 0.1) is 12.2 Å². The van der Waals surface area contributed by atoms with Crippen LogP contribution >= 0.6 is 0 Å². The molecule has 0 aliphatic carbocycles. The summed E-state index contributed by atoms with van der Waals surface area (Å²) in [6, 6.07) is 12.3. The standard InChI is InChI=1S/C27H38N4O4/c1-4-34-18-6-15-28-26(32)24-19-22(9-12-25(24)31-16-13-20(3)14-17-31)30-27(33)29-21-7-10-23(11-8-21)35-5-2/h7-12,19-20H,4-6,13-18H2,1-3H3,(H,28,32)(H2,29,30,33). The van der Waals surface area contributed by atoms with Gasteiger partial charge in [-0.25, -0.2) is 4.79 Å². The van der Waals surface area contributed by atoms with Crippen LogP contribution < -0.4 is 25.6 Å². The van der Waals surface area contributed by atoms with Gasteiger partial charge in [-0.05, 0) is 81.5 Å². The molecule has 1 aliphatic rings. The predicted molar refractivity (Wildman–Crippen MR) is 141 cm³/mol. The summed E-state index contributed by atoms with van der Waals surface area (Å²) in [5.74, 6) is 1.29. The molecule has 0 spiro atoms. The van der Waals surface area contributed by atoms with Crippen LogP contribution in [-0.2, 0) is 4.74 Å². The van der Waals surface area contributed by atoms with Crippen molar-refractivity contribution in [3.05, 3.63) is 48.0 Å². The van der Waals surface area contributed by atoms with E-state index in [9.17, 15) is 9.59 Å². The zero-order valence-corrected chi connectivity index (χ0v) is 21.1. The third-order valence-electron chi connectivity index (χ3n) is 6.00. The van der Waals surface area contributed by atoms with E-state index in [0.29, 0.717) is 49.2 Å². The van der Waals surface area contributed by atoms with Crippen LogP contribution in [0.15, 0.2) is 42.5 Å². The average Bonchev–Trinajstić information content (AvgIpc) is 2.86. The molecule has 190 valence electrons. The Balaban J connectivity index is 1.69. The van der Waals surface area contributed by atoms with Gasteiger partial charge in [-0.15, -0.1) is 0 Å². The highest BCUT2D eigenvalue weighted by atomic mass is 16.5. The van der Waals surface area contributed by atoms with Crippen LogP contribution in [0.25, 0.3) is 0 Å². The van der Waals surface area contributed by atoms with E-state index in [0.717, 1.165) is 43.8 Å². The fourth-order valence-electron chi connectivity index (χ4n) is 4.03. The third-order valence-corrected chi connectivity index (χ3v) is 6.00. The Labute approximate surface area is 208 Å². The summed E-state index contributed by atoms with van der Waals surface area (Å²) in [7, 11) is 0. The number of nitrogens with zero attached hydrogens (tertiary/aromatic N) is 1. The van der Waals surface area contributed by atoms with Crippen molar-refractivity contribution in [2.24, 2.45) is 5.92 Å². The number of piperidine rings is 1. The van der Waals surface area contributed by atoms with Gasteiger partial charge in [0.2, 0.25) is 0 Å². The molecule has 3 amide bonds. The lowest BCUT2D eigenvalue weighted by Gasteiger charge is -2.33. The molecular weight excluding hydrogens is 444 g/mol. The van der Waals surface area contributed by atoms with E-state index < -0.39 is 0 Å². The molecule has 1 saturated heterocycles. The molecule has 0 aromatic heterocycles. The smallest absolute Gasteiger partial charge is 0.323 e. The second-order valence-corrected chi connectivity index (χ2v) is 8.74. The highest BCUT2D eigenvalue weighted by molar-refractivity contribution is 6.04. The summed E-state index contributed by atoms with van der Waals surface area (Å²) >= 11 is 0. The SMILES string of the molecule is CCOCCCNC(=O)c1cc(NC(=O)Nc2ccc(OCC)cc2)ccc1N1CCC(C)CC1. The first-order chi connectivity index (χ1) is 17.0. The van der Waals surface area contributed by atoms with Crippen molar-refractivity contribution in [3.8, 4) is 5.75 Å². The number of urea groups is 1. The van der Waals surface area contributed by atoms with Gasteiger partial charge >= 0.3 is 6.03 Å². The molecule has 0 unspecified atom stereocenters. The first kappa shape index (κ1) is 26.3. The molecule has 1 heterocycles. The number of carbonyl (C=O) groups excluding carboxylic acids is 2. The van der Waals surface area contributed by atoms with Crippen LogP contribution in [0.3, 0.4) is 0 Å². The minimum Gasteiger partial charge on any atom is -0.494 e. The lowest BCUT2D eigenvalue weighted by Crippen LogP contribution is -2.35. The van der Waals surface area contributed by atoms with E-state index in [4.69, 9.17) is 9.47 Å². The molecule has 3 N–H and O–H groups in total. The molecule has 8 heteroatoms. The number of hydrogen-bond donors (Lipinski definition) is 3. The number of benzene rings is 2. The molecule has 0 bridgehead atoms. The van der Waals surface area contributed by atoms with Gasteiger partial charge in [0, 0.05) is 49.9 Å². The monoisotopic (exact) mass is 482 g/mol. The molecule has 1 aliphatic heterocycles. The number of amides is 3. The summed E-state index contributed by atoms with van der Waals surface area (Å²) in [5.41, 5.74) is 2.67. The normalized spacial score (nSPS) is 13.9. The minimum atomic E-state index is -0.378. The van der Waals surface area contributed by atoms with E-state index in [-0.39, 0.29) is 11.9 Å². The van der Waals surface area contributed by atoms with Crippen LogP contribution in [0.4, 0.5) is 21.9 Å². The zero-order valence-electron chi connectivity index (χ0n) is 21.1. The highest BCUT2D eigenvalue weighted by Gasteiger charge is 2.22. The molecule has 2 aromatic carbocycles.